The summed E-state index contributed by atoms with van der Waals surface area (Å²) in [5.41, 5.74) is 0. The molecule has 0 aliphatic rings. The van der Waals surface area contributed by atoms with Crippen molar-refractivity contribution in [3.8, 4) is 0 Å². The van der Waals surface area contributed by atoms with Gasteiger partial charge in [-0.15, -0.1) is 0 Å². The number of hydrogen-bond acceptors (Lipinski definition) is 3. The minimum atomic E-state index is 0.616. The van der Waals surface area contributed by atoms with Crippen LogP contribution in [0.15, 0.2) is 11.5 Å². The van der Waals surface area contributed by atoms with Crippen LogP contribution in [-0.4, -0.2) is 11.0 Å². The second kappa shape index (κ2) is 9.07. The standard InChI is InChI=1S/C9H16OS2/c1-3-5-6-7-8-12-9(11)10-4-2/h7-8H,3-6H2,1-2H3/b8-7-. The number of thioether (sulfide) groups is 1. The fourth-order valence-corrected chi connectivity index (χ4v) is 1.46. The molecule has 3 heteroatoms. The maximum Gasteiger partial charge on any atom is 0.224 e. The lowest BCUT2D eigenvalue weighted by Gasteiger charge is -1.98. The van der Waals surface area contributed by atoms with E-state index in [1.807, 2.05) is 12.3 Å². The van der Waals surface area contributed by atoms with Crippen molar-refractivity contribution in [2.24, 2.45) is 0 Å². The first-order valence-electron chi connectivity index (χ1n) is 4.29. The van der Waals surface area contributed by atoms with Crippen LogP contribution in [-0.2, 0) is 4.74 Å². The lowest BCUT2D eigenvalue weighted by Crippen LogP contribution is -1.93. The highest BCUT2D eigenvalue weighted by Gasteiger charge is 1.90. The molecule has 0 bridgehead atoms. The number of ether oxygens (including phenoxy) is 1. The van der Waals surface area contributed by atoms with Gasteiger partial charge in [-0.3, -0.25) is 0 Å². The molecule has 1 nitrogen and oxygen atoms in total. The highest BCUT2D eigenvalue weighted by molar-refractivity contribution is 8.24. The van der Waals surface area contributed by atoms with Crippen LogP contribution in [0.3, 0.4) is 0 Å². The summed E-state index contributed by atoms with van der Waals surface area (Å²) in [5, 5.41) is 2.01. The first-order valence-corrected chi connectivity index (χ1v) is 5.58. The SMILES string of the molecule is CCCC/C=C\SC(=S)OCC. The Hall–Kier alpha value is -0.0200. The summed E-state index contributed by atoms with van der Waals surface area (Å²) >= 11 is 6.40. The third-order valence-electron chi connectivity index (χ3n) is 1.25. The molecule has 0 unspecified atom stereocenters. The molecule has 0 aromatic rings. The molecule has 0 aliphatic carbocycles. The molecule has 12 heavy (non-hydrogen) atoms. The van der Waals surface area contributed by atoms with E-state index in [-0.39, 0.29) is 0 Å². The fourth-order valence-electron chi connectivity index (χ4n) is 0.646. The van der Waals surface area contributed by atoms with Gasteiger partial charge in [0, 0.05) is 0 Å². The van der Waals surface area contributed by atoms with E-state index in [0.717, 1.165) is 6.42 Å². The molecule has 0 atom stereocenters. The van der Waals surface area contributed by atoms with Crippen molar-refractivity contribution in [2.75, 3.05) is 6.61 Å². The highest BCUT2D eigenvalue weighted by Crippen LogP contribution is 2.08. The largest absolute Gasteiger partial charge is 0.479 e. The zero-order chi connectivity index (χ0) is 9.23. The molecular weight excluding hydrogens is 188 g/mol. The zero-order valence-corrected chi connectivity index (χ0v) is 9.34. The van der Waals surface area contributed by atoms with Crippen molar-refractivity contribution in [2.45, 2.75) is 33.1 Å². The Bertz CT molecular complexity index is 143. The molecule has 0 fully saturated rings. The molecular formula is C9H16OS2. The average molecular weight is 204 g/mol. The summed E-state index contributed by atoms with van der Waals surface area (Å²) < 4.78 is 5.71. The molecule has 70 valence electrons. The van der Waals surface area contributed by atoms with Gasteiger partial charge in [-0.05, 0) is 42.7 Å². The first-order chi connectivity index (χ1) is 5.81. The van der Waals surface area contributed by atoms with Crippen molar-refractivity contribution >= 4 is 28.4 Å². The Morgan fingerprint density at radius 1 is 1.50 bits per heavy atom. The van der Waals surface area contributed by atoms with Gasteiger partial charge in [-0.2, -0.15) is 0 Å². The molecule has 0 spiro atoms. The minimum Gasteiger partial charge on any atom is -0.479 e. The molecule has 0 aliphatic heterocycles. The predicted molar refractivity (Wildman–Crippen MR) is 60.5 cm³/mol. The minimum absolute atomic E-state index is 0.616. The van der Waals surface area contributed by atoms with Gasteiger partial charge >= 0.3 is 0 Å². The van der Waals surface area contributed by atoms with Crippen LogP contribution >= 0.6 is 24.0 Å². The third-order valence-corrected chi connectivity index (χ3v) is 2.29. The Balaban J connectivity index is 3.27. The van der Waals surface area contributed by atoms with Gasteiger partial charge in [0.1, 0.15) is 0 Å². The summed E-state index contributed by atoms with van der Waals surface area (Å²) in [6.07, 6.45) is 5.76. The number of thiocarbonyl (C=S) groups is 1. The Morgan fingerprint density at radius 2 is 2.25 bits per heavy atom. The summed E-state index contributed by atoms with van der Waals surface area (Å²) in [7, 11) is 0. The molecule has 0 saturated carbocycles. The maximum absolute atomic E-state index is 5.09. The van der Waals surface area contributed by atoms with Crippen LogP contribution in [0.25, 0.3) is 0 Å². The molecule has 0 aromatic carbocycles. The van der Waals surface area contributed by atoms with Crippen LogP contribution in [0.2, 0.25) is 0 Å². The van der Waals surface area contributed by atoms with Crippen molar-refractivity contribution in [3.05, 3.63) is 11.5 Å². The zero-order valence-electron chi connectivity index (χ0n) is 7.71. The predicted octanol–water partition coefficient (Wildman–Crippen LogP) is 3.74. The third kappa shape index (κ3) is 8.08. The summed E-state index contributed by atoms with van der Waals surface area (Å²) in [5.74, 6) is 0. The monoisotopic (exact) mass is 204 g/mol. The van der Waals surface area contributed by atoms with Crippen molar-refractivity contribution in [3.63, 3.8) is 0 Å². The van der Waals surface area contributed by atoms with Gasteiger partial charge < -0.3 is 4.74 Å². The molecule has 0 rings (SSSR count). The van der Waals surface area contributed by atoms with E-state index in [1.54, 1.807) is 0 Å². The first kappa shape index (κ1) is 12.0. The number of rotatable bonds is 5. The van der Waals surface area contributed by atoms with E-state index in [4.69, 9.17) is 17.0 Å². The van der Waals surface area contributed by atoms with E-state index in [2.05, 4.69) is 13.0 Å². The smallest absolute Gasteiger partial charge is 0.224 e. The van der Waals surface area contributed by atoms with E-state index in [0.29, 0.717) is 11.0 Å². The van der Waals surface area contributed by atoms with Crippen LogP contribution < -0.4 is 0 Å². The number of unbranched alkanes of at least 4 members (excludes halogenated alkanes) is 2. The van der Waals surface area contributed by atoms with Gasteiger partial charge in [-0.1, -0.05) is 25.8 Å². The summed E-state index contributed by atoms with van der Waals surface area (Å²) in [6.45, 7) is 4.79. The molecule has 0 N–H and O–H groups in total. The summed E-state index contributed by atoms with van der Waals surface area (Å²) in [6, 6.07) is 0. The van der Waals surface area contributed by atoms with Crippen LogP contribution in [0.4, 0.5) is 0 Å². The lowest BCUT2D eigenvalue weighted by molar-refractivity contribution is 0.346. The van der Waals surface area contributed by atoms with E-state index in [1.165, 1.54) is 24.6 Å². The van der Waals surface area contributed by atoms with Gasteiger partial charge in [0.2, 0.25) is 4.38 Å². The van der Waals surface area contributed by atoms with Gasteiger partial charge in [0.05, 0.1) is 6.61 Å². The Morgan fingerprint density at radius 3 is 2.83 bits per heavy atom. The average Bonchev–Trinajstić information content (AvgIpc) is 2.05. The fraction of sp³-hybridized carbons (Fsp3) is 0.667. The normalized spacial score (nSPS) is 10.5. The molecule has 0 radical (unpaired) electrons. The second-order valence-electron chi connectivity index (χ2n) is 2.31. The van der Waals surface area contributed by atoms with Crippen molar-refractivity contribution in [1.29, 1.82) is 0 Å². The summed E-state index contributed by atoms with van der Waals surface area (Å²) in [4.78, 5) is 0. The molecule has 0 amide bonds. The van der Waals surface area contributed by atoms with E-state index < -0.39 is 0 Å². The molecule has 0 heterocycles. The lowest BCUT2D eigenvalue weighted by atomic mass is 10.2. The van der Waals surface area contributed by atoms with E-state index in [9.17, 15) is 0 Å². The topological polar surface area (TPSA) is 9.23 Å². The second-order valence-corrected chi connectivity index (χ2v) is 3.82. The van der Waals surface area contributed by atoms with Crippen LogP contribution in [0, 0.1) is 0 Å². The maximum atomic E-state index is 5.09. The number of hydrogen-bond donors (Lipinski definition) is 0. The van der Waals surface area contributed by atoms with Crippen LogP contribution in [0.1, 0.15) is 33.1 Å². The van der Waals surface area contributed by atoms with Gasteiger partial charge in [0.25, 0.3) is 0 Å². The van der Waals surface area contributed by atoms with Crippen molar-refractivity contribution < 1.29 is 4.74 Å². The van der Waals surface area contributed by atoms with Crippen molar-refractivity contribution in [1.82, 2.24) is 0 Å². The quantitative estimate of drug-likeness (QED) is 0.498. The molecule has 0 aromatic heterocycles. The molecule has 0 saturated heterocycles. The Kier molecular flexibility index (Phi) is 9.06. The van der Waals surface area contributed by atoms with Gasteiger partial charge in [0.15, 0.2) is 0 Å². The van der Waals surface area contributed by atoms with E-state index >= 15 is 0 Å². The highest BCUT2D eigenvalue weighted by atomic mass is 32.2. The number of allylic oxidation sites excluding steroid dienone is 1. The Labute approximate surface area is 84.6 Å². The van der Waals surface area contributed by atoms with Gasteiger partial charge in [-0.25, -0.2) is 0 Å². The van der Waals surface area contributed by atoms with Crippen LogP contribution in [0.5, 0.6) is 0 Å².